The van der Waals surface area contributed by atoms with E-state index in [-0.39, 0.29) is 6.04 Å². The summed E-state index contributed by atoms with van der Waals surface area (Å²) in [6.07, 6.45) is 0. The van der Waals surface area contributed by atoms with Gasteiger partial charge < -0.3 is 0 Å². The zero-order valence-corrected chi connectivity index (χ0v) is 14.0. The summed E-state index contributed by atoms with van der Waals surface area (Å²) in [5.41, 5.74) is 0.948. The molecule has 1 aromatic rings. The highest BCUT2D eigenvalue weighted by molar-refractivity contribution is 9.11. The van der Waals surface area contributed by atoms with Crippen molar-refractivity contribution in [2.24, 2.45) is 0 Å². The van der Waals surface area contributed by atoms with Crippen LogP contribution in [0.15, 0.2) is 14.1 Å². The van der Waals surface area contributed by atoms with Crippen molar-refractivity contribution in [1.29, 1.82) is 0 Å². The first-order valence-electron chi connectivity index (χ1n) is 4.60. The zero-order chi connectivity index (χ0) is 12.5. The average Bonchev–Trinajstić information content (AvgIpc) is 2.57. The van der Waals surface area contributed by atoms with Crippen molar-refractivity contribution >= 4 is 53.2 Å². The van der Waals surface area contributed by atoms with Gasteiger partial charge in [0.25, 0.3) is 10.0 Å². The molecule has 16 heavy (non-hydrogen) atoms. The van der Waals surface area contributed by atoms with Gasteiger partial charge in [-0.1, -0.05) is 15.9 Å². The first-order valence-corrected chi connectivity index (χ1v) is 8.77. The lowest BCUT2D eigenvalue weighted by molar-refractivity contribution is 0.417. The number of hydrogen-bond donors (Lipinski definition) is 0. The predicted molar refractivity (Wildman–Crippen MR) is 75.0 cm³/mol. The molecule has 1 atom stereocenters. The molecule has 1 heterocycles. The molecule has 0 spiro atoms. The Kier molecular flexibility index (Phi) is 5.01. The molecule has 92 valence electrons. The third-order valence-electron chi connectivity index (χ3n) is 2.31. The van der Waals surface area contributed by atoms with Gasteiger partial charge in [0.15, 0.2) is 0 Å². The van der Waals surface area contributed by atoms with Crippen LogP contribution in [0.1, 0.15) is 12.5 Å². The monoisotopic (exact) mass is 389 g/mol. The van der Waals surface area contributed by atoms with E-state index < -0.39 is 10.0 Å². The highest BCUT2D eigenvalue weighted by Gasteiger charge is 2.26. The maximum absolute atomic E-state index is 12.2. The average molecular weight is 391 g/mol. The van der Waals surface area contributed by atoms with Crippen LogP contribution in [0.5, 0.6) is 0 Å². The number of hydrogen-bond acceptors (Lipinski definition) is 3. The van der Waals surface area contributed by atoms with Gasteiger partial charge in [0.05, 0.1) is 3.79 Å². The second-order valence-corrected chi connectivity index (χ2v) is 8.79. The van der Waals surface area contributed by atoms with E-state index in [1.54, 1.807) is 13.1 Å². The maximum atomic E-state index is 12.2. The lowest BCUT2D eigenvalue weighted by Crippen LogP contribution is -2.35. The molecule has 3 nitrogen and oxygen atoms in total. The van der Waals surface area contributed by atoms with Crippen molar-refractivity contribution in [3.63, 3.8) is 0 Å². The predicted octanol–water partition coefficient (Wildman–Crippen LogP) is 3.22. The Morgan fingerprint density at radius 1 is 1.56 bits per heavy atom. The summed E-state index contributed by atoms with van der Waals surface area (Å²) in [5.74, 6) is 0. The van der Waals surface area contributed by atoms with Crippen molar-refractivity contribution < 1.29 is 8.42 Å². The molecule has 0 saturated heterocycles. The van der Waals surface area contributed by atoms with Crippen LogP contribution in [-0.2, 0) is 10.0 Å². The highest BCUT2D eigenvalue weighted by Crippen LogP contribution is 2.32. The number of sulfonamides is 1. The minimum atomic E-state index is -3.36. The fourth-order valence-electron chi connectivity index (χ4n) is 1.03. The normalized spacial score (nSPS) is 14.4. The maximum Gasteiger partial charge on any atom is 0.252 e. The molecule has 0 aliphatic rings. The summed E-state index contributed by atoms with van der Waals surface area (Å²) >= 11 is 7.88. The van der Waals surface area contributed by atoms with Crippen LogP contribution in [0.2, 0.25) is 0 Å². The summed E-state index contributed by atoms with van der Waals surface area (Å²) < 4.78 is 27.0. The Balaban J connectivity index is 3.11. The van der Waals surface area contributed by atoms with E-state index in [0.717, 1.165) is 9.35 Å². The van der Waals surface area contributed by atoms with Crippen molar-refractivity contribution in [3.05, 3.63) is 15.4 Å². The Morgan fingerprint density at radius 2 is 2.12 bits per heavy atom. The Morgan fingerprint density at radius 3 is 2.50 bits per heavy atom. The highest BCUT2D eigenvalue weighted by atomic mass is 79.9. The van der Waals surface area contributed by atoms with Crippen LogP contribution in [0, 0.1) is 6.92 Å². The van der Waals surface area contributed by atoms with E-state index in [1.165, 1.54) is 15.6 Å². The van der Waals surface area contributed by atoms with Gasteiger partial charge in [-0.3, -0.25) is 0 Å². The first kappa shape index (κ1) is 14.6. The molecule has 0 fully saturated rings. The molecule has 1 unspecified atom stereocenters. The van der Waals surface area contributed by atoms with Crippen LogP contribution in [0.25, 0.3) is 0 Å². The second kappa shape index (κ2) is 5.48. The van der Waals surface area contributed by atoms with E-state index in [2.05, 4.69) is 31.9 Å². The molecule has 0 bridgehead atoms. The van der Waals surface area contributed by atoms with Crippen LogP contribution < -0.4 is 0 Å². The first-order chi connectivity index (χ1) is 7.30. The third-order valence-corrected chi connectivity index (χ3v) is 7.81. The van der Waals surface area contributed by atoms with Crippen LogP contribution in [0.4, 0.5) is 0 Å². The van der Waals surface area contributed by atoms with E-state index in [9.17, 15) is 8.42 Å². The van der Waals surface area contributed by atoms with Gasteiger partial charge in [-0.25, -0.2) is 8.42 Å². The van der Waals surface area contributed by atoms with E-state index in [4.69, 9.17) is 0 Å². The smallest absolute Gasteiger partial charge is 0.206 e. The number of alkyl halides is 1. The van der Waals surface area contributed by atoms with Gasteiger partial charge >= 0.3 is 0 Å². The standard InChI is InChI=1S/C9H13Br2NO2S2/c1-6-4-8(15-9(6)11)16(13,14)12(3)7(2)5-10/h4,7H,5H2,1-3H3. The van der Waals surface area contributed by atoms with Crippen molar-refractivity contribution in [1.82, 2.24) is 4.31 Å². The topological polar surface area (TPSA) is 37.4 Å². The number of halogens is 2. The molecule has 0 aliphatic heterocycles. The number of rotatable bonds is 4. The lowest BCUT2D eigenvalue weighted by Gasteiger charge is -2.21. The Hall–Kier alpha value is 0.570. The molecule has 0 radical (unpaired) electrons. The fourth-order valence-corrected chi connectivity index (χ4v) is 5.43. The summed E-state index contributed by atoms with van der Waals surface area (Å²) in [4.78, 5) is 0. The SMILES string of the molecule is Cc1cc(S(=O)(=O)N(C)C(C)CBr)sc1Br. The third kappa shape index (κ3) is 2.87. The molecular weight excluding hydrogens is 378 g/mol. The van der Waals surface area contributed by atoms with Crippen molar-refractivity contribution in [2.45, 2.75) is 24.1 Å². The quantitative estimate of drug-likeness (QED) is 0.740. The van der Waals surface area contributed by atoms with Gasteiger partial charge in [-0.2, -0.15) is 4.31 Å². The largest absolute Gasteiger partial charge is 0.252 e. The number of thiophene rings is 1. The molecular formula is C9H13Br2NO2S2. The number of nitrogens with zero attached hydrogens (tertiary/aromatic N) is 1. The van der Waals surface area contributed by atoms with Gasteiger partial charge in [-0.05, 0) is 41.4 Å². The van der Waals surface area contributed by atoms with E-state index >= 15 is 0 Å². The fraction of sp³-hybridized carbons (Fsp3) is 0.556. The summed E-state index contributed by atoms with van der Waals surface area (Å²) in [7, 11) is -1.76. The molecule has 7 heteroatoms. The molecule has 1 aromatic heterocycles. The van der Waals surface area contributed by atoms with Gasteiger partial charge in [-0.15, -0.1) is 11.3 Å². The van der Waals surface area contributed by atoms with Gasteiger partial charge in [0.1, 0.15) is 4.21 Å². The summed E-state index contributed by atoms with van der Waals surface area (Å²) in [6, 6.07) is 1.63. The summed E-state index contributed by atoms with van der Waals surface area (Å²) in [6.45, 7) is 3.75. The molecule has 0 N–H and O–H groups in total. The minimum Gasteiger partial charge on any atom is -0.206 e. The Bertz CT molecular complexity index is 450. The lowest BCUT2D eigenvalue weighted by atomic mass is 10.4. The summed E-state index contributed by atoms with van der Waals surface area (Å²) in [5, 5.41) is 0.619. The van der Waals surface area contributed by atoms with Crippen LogP contribution in [0.3, 0.4) is 0 Å². The van der Waals surface area contributed by atoms with Crippen molar-refractivity contribution in [3.8, 4) is 0 Å². The molecule has 0 saturated carbocycles. The van der Waals surface area contributed by atoms with E-state index in [0.29, 0.717) is 9.54 Å². The number of aryl methyl sites for hydroxylation is 1. The van der Waals surface area contributed by atoms with Gasteiger partial charge in [0, 0.05) is 18.4 Å². The van der Waals surface area contributed by atoms with Crippen LogP contribution in [-0.4, -0.2) is 31.1 Å². The Labute approximate surface area is 117 Å². The zero-order valence-electron chi connectivity index (χ0n) is 9.20. The second-order valence-electron chi connectivity index (χ2n) is 3.55. The molecule has 0 amide bonds. The van der Waals surface area contributed by atoms with Gasteiger partial charge in [0.2, 0.25) is 0 Å². The minimum absolute atomic E-state index is 0.0637. The van der Waals surface area contributed by atoms with E-state index in [1.807, 2.05) is 13.8 Å². The van der Waals surface area contributed by atoms with Crippen LogP contribution >= 0.6 is 43.2 Å². The molecule has 0 aliphatic carbocycles. The molecule has 1 rings (SSSR count). The molecule has 0 aromatic carbocycles. The van der Waals surface area contributed by atoms with Crippen molar-refractivity contribution in [2.75, 3.05) is 12.4 Å².